The van der Waals surface area contributed by atoms with Gasteiger partial charge in [-0.2, -0.15) is 0 Å². The van der Waals surface area contributed by atoms with Crippen molar-refractivity contribution in [2.24, 2.45) is 5.41 Å². The molecule has 1 saturated carbocycles. The van der Waals surface area contributed by atoms with Crippen molar-refractivity contribution in [2.75, 3.05) is 26.4 Å². The third-order valence-electron chi connectivity index (χ3n) is 5.36. The van der Waals surface area contributed by atoms with Gasteiger partial charge in [0, 0.05) is 18.3 Å². The fourth-order valence-electron chi connectivity index (χ4n) is 3.10. The lowest BCUT2D eigenvalue weighted by molar-refractivity contribution is -0.130. The second-order valence-electron chi connectivity index (χ2n) is 8.48. The first kappa shape index (κ1) is 26.3. The van der Waals surface area contributed by atoms with Gasteiger partial charge in [-0.15, -0.1) is 0 Å². The first-order chi connectivity index (χ1) is 14.4. The zero-order valence-corrected chi connectivity index (χ0v) is 18.4. The number of benzene rings is 1. The lowest BCUT2D eigenvalue weighted by Gasteiger charge is -2.20. The first-order valence-electron chi connectivity index (χ1n) is 11.0. The van der Waals surface area contributed by atoms with Crippen LogP contribution in [0.5, 0.6) is 5.75 Å². The predicted molar refractivity (Wildman–Crippen MR) is 117 cm³/mol. The molecular weight excluding hydrogens is 384 g/mol. The molecule has 1 aliphatic carbocycles. The molecule has 3 N–H and O–H groups in total. The van der Waals surface area contributed by atoms with Crippen LogP contribution in [0.1, 0.15) is 76.7 Å². The summed E-state index contributed by atoms with van der Waals surface area (Å²) in [6, 6.07) is 7.88. The van der Waals surface area contributed by atoms with Gasteiger partial charge >= 0.3 is 0 Å². The van der Waals surface area contributed by atoms with Gasteiger partial charge in [-0.05, 0) is 30.0 Å². The highest BCUT2D eigenvalue weighted by Crippen LogP contribution is 2.30. The van der Waals surface area contributed by atoms with Gasteiger partial charge in [-0.3, -0.25) is 9.59 Å². The van der Waals surface area contributed by atoms with E-state index in [1.165, 1.54) is 25.7 Å². The number of unbranched alkanes of at least 4 members (excludes halogenated alkanes) is 4. The number of ketones is 2. The van der Waals surface area contributed by atoms with Crippen LogP contribution < -0.4 is 4.74 Å². The minimum absolute atomic E-state index is 0.0526. The molecule has 1 fully saturated rings. The van der Waals surface area contributed by atoms with Gasteiger partial charge in [-0.1, -0.05) is 51.7 Å². The van der Waals surface area contributed by atoms with E-state index in [1.807, 2.05) is 24.3 Å². The van der Waals surface area contributed by atoms with Crippen LogP contribution in [-0.4, -0.2) is 53.3 Å². The summed E-state index contributed by atoms with van der Waals surface area (Å²) >= 11 is 0. The standard InChI is InChI=1S/C19H26O3.C5H12O3/c1-2-3-4-5-6-11-22-19-9-7-15(8-10-19)16-12-17(20)14-18(21)13-16;1-5(2-6,3-7)4-8/h7-10,16H,2-6,11-14H2,1H3;6-8H,2-4H2,1H3. The van der Waals surface area contributed by atoms with Crippen LogP contribution in [0.3, 0.4) is 0 Å². The Labute approximate surface area is 180 Å². The zero-order valence-electron chi connectivity index (χ0n) is 18.4. The number of rotatable bonds is 11. The number of carbonyl (C=O) groups is 2. The van der Waals surface area contributed by atoms with Crippen molar-refractivity contribution in [1.29, 1.82) is 0 Å². The number of hydrogen-bond donors (Lipinski definition) is 3. The molecule has 0 saturated heterocycles. The van der Waals surface area contributed by atoms with Crippen LogP contribution in [0.2, 0.25) is 0 Å². The van der Waals surface area contributed by atoms with E-state index in [-0.39, 0.29) is 43.7 Å². The number of Topliss-reactive ketones (excluding diaryl/α,β-unsaturated/α-hetero) is 2. The van der Waals surface area contributed by atoms with Gasteiger partial charge in [0.05, 0.1) is 32.8 Å². The van der Waals surface area contributed by atoms with Crippen LogP contribution in [0.25, 0.3) is 0 Å². The van der Waals surface area contributed by atoms with Crippen molar-refractivity contribution < 1.29 is 29.6 Å². The van der Waals surface area contributed by atoms with Crippen molar-refractivity contribution in [1.82, 2.24) is 0 Å². The van der Waals surface area contributed by atoms with E-state index in [0.29, 0.717) is 12.8 Å². The summed E-state index contributed by atoms with van der Waals surface area (Å²) in [5.74, 6) is 1.05. The van der Waals surface area contributed by atoms with E-state index in [4.69, 9.17) is 20.1 Å². The van der Waals surface area contributed by atoms with E-state index in [0.717, 1.165) is 24.3 Å². The quantitative estimate of drug-likeness (QED) is 0.373. The Hall–Kier alpha value is -1.76. The molecule has 2 rings (SSSR count). The number of aliphatic hydroxyl groups excluding tert-OH is 3. The van der Waals surface area contributed by atoms with Crippen molar-refractivity contribution in [3.63, 3.8) is 0 Å². The fourth-order valence-corrected chi connectivity index (χ4v) is 3.10. The van der Waals surface area contributed by atoms with Crippen LogP contribution in [-0.2, 0) is 9.59 Å². The van der Waals surface area contributed by atoms with E-state index in [1.54, 1.807) is 6.92 Å². The molecule has 170 valence electrons. The smallest absolute Gasteiger partial charge is 0.140 e. The van der Waals surface area contributed by atoms with E-state index >= 15 is 0 Å². The van der Waals surface area contributed by atoms with Gasteiger partial charge in [0.2, 0.25) is 0 Å². The van der Waals surface area contributed by atoms with Crippen molar-refractivity contribution >= 4 is 11.6 Å². The Bertz CT molecular complexity index is 597. The number of ether oxygens (including phenoxy) is 1. The molecule has 0 heterocycles. The highest BCUT2D eigenvalue weighted by Gasteiger charge is 2.26. The van der Waals surface area contributed by atoms with Crippen molar-refractivity contribution in [2.45, 2.75) is 71.1 Å². The van der Waals surface area contributed by atoms with Crippen LogP contribution in [0, 0.1) is 5.41 Å². The second kappa shape index (κ2) is 14.3. The van der Waals surface area contributed by atoms with Crippen LogP contribution >= 0.6 is 0 Å². The Morgan fingerprint density at radius 3 is 1.90 bits per heavy atom. The largest absolute Gasteiger partial charge is 0.494 e. The van der Waals surface area contributed by atoms with Gasteiger partial charge < -0.3 is 20.1 Å². The minimum atomic E-state index is -0.708. The maximum atomic E-state index is 11.5. The molecule has 30 heavy (non-hydrogen) atoms. The third kappa shape index (κ3) is 9.83. The maximum Gasteiger partial charge on any atom is 0.140 e. The molecule has 0 spiro atoms. The topological polar surface area (TPSA) is 104 Å². The summed E-state index contributed by atoms with van der Waals surface area (Å²) < 4.78 is 5.74. The van der Waals surface area contributed by atoms with E-state index < -0.39 is 5.41 Å². The van der Waals surface area contributed by atoms with Crippen molar-refractivity contribution in [3.05, 3.63) is 29.8 Å². The summed E-state index contributed by atoms with van der Waals surface area (Å²) in [4.78, 5) is 23.1. The average Bonchev–Trinajstić information content (AvgIpc) is 2.76. The van der Waals surface area contributed by atoms with Crippen LogP contribution in [0.4, 0.5) is 0 Å². The first-order valence-corrected chi connectivity index (χ1v) is 11.0. The van der Waals surface area contributed by atoms with Gasteiger partial charge in [0.25, 0.3) is 0 Å². The van der Waals surface area contributed by atoms with E-state index in [9.17, 15) is 9.59 Å². The molecule has 0 atom stereocenters. The highest BCUT2D eigenvalue weighted by atomic mass is 16.5. The molecular formula is C24H38O6. The number of hydrogen-bond acceptors (Lipinski definition) is 6. The molecule has 6 heteroatoms. The molecule has 0 unspecified atom stereocenters. The summed E-state index contributed by atoms with van der Waals surface area (Å²) in [6.07, 6.45) is 7.25. The molecule has 6 nitrogen and oxygen atoms in total. The van der Waals surface area contributed by atoms with Crippen LogP contribution in [0.15, 0.2) is 24.3 Å². The Morgan fingerprint density at radius 1 is 0.900 bits per heavy atom. The summed E-state index contributed by atoms with van der Waals surface area (Å²) in [6.45, 7) is 4.03. The van der Waals surface area contributed by atoms with Gasteiger partial charge in [-0.25, -0.2) is 0 Å². The zero-order chi connectivity index (χ0) is 22.4. The Morgan fingerprint density at radius 2 is 1.43 bits per heavy atom. The van der Waals surface area contributed by atoms with Gasteiger partial charge in [0.15, 0.2) is 0 Å². The molecule has 1 aromatic carbocycles. The summed E-state index contributed by atoms with van der Waals surface area (Å²) in [5, 5.41) is 25.4. The molecule has 0 amide bonds. The average molecular weight is 423 g/mol. The SMILES string of the molecule is CC(CO)(CO)CO.CCCCCCCOc1ccc(C2CC(=O)CC(=O)C2)cc1. The summed E-state index contributed by atoms with van der Waals surface area (Å²) in [5.41, 5.74) is 0.358. The van der Waals surface area contributed by atoms with Crippen molar-refractivity contribution in [3.8, 4) is 5.75 Å². The lowest BCUT2D eigenvalue weighted by Crippen LogP contribution is -2.29. The third-order valence-corrected chi connectivity index (χ3v) is 5.36. The molecule has 0 aromatic heterocycles. The van der Waals surface area contributed by atoms with E-state index in [2.05, 4.69) is 6.92 Å². The Kier molecular flexibility index (Phi) is 12.5. The molecule has 0 radical (unpaired) electrons. The summed E-state index contributed by atoms with van der Waals surface area (Å²) in [7, 11) is 0. The monoisotopic (exact) mass is 422 g/mol. The van der Waals surface area contributed by atoms with Gasteiger partial charge in [0.1, 0.15) is 17.3 Å². The molecule has 0 bridgehead atoms. The number of aliphatic hydroxyl groups is 3. The maximum absolute atomic E-state index is 11.5. The normalized spacial score (nSPS) is 15.0. The fraction of sp³-hybridized carbons (Fsp3) is 0.667. The number of carbonyl (C=O) groups excluding carboxylic acids is 2. The highest BCUT2D eigenvalue weighted by molar-refractivity contribution is 6.02. The Balaban J connectivity index is 0.000000479. The lowest BCUT2D eigenvalue weighted by atomic mass is 9.83. The molecule has 0 aliphatic heterocycles. The molecule has 1 aromatic rings. The minimum Gasteiger partial charge on any atom is -0.494 e. The predicted octanol–water partition coefficient (Wildman–Crippen LogP) is 3.41. The molecule has 1 aliphatic rings. The second-order valence-corrected chi connectivity index (χ2v) is 8.48.